The van der Waals surface area contributed by atoms with Gasteiger partial charge in [0.2, 0.25) is 5.72 Å². The van der Waals surface area contributed by atoms with E-state index in [1.165, 1.54) is 12.1 Å². The molecule has 0 radical (unpaired) electrons. The largest absolute Gasteiger partial charge is 1.00 e. The number of hydrogen-bond donors (Lipinski definition) is 1. The SMILES string of the molecule is CCCCN1c2nccc[n+]2CC1(O)c1ccc([N+](=O)[O-])cc1.[Br-]. The summed E-state index contributed by atoms with van der Waals surface area (Å²) < 4.78 is 1.90. The molecule has 0 spiro atoms. The highest BCUT2D eigenvalue weighted by atomic mass is 79.9. The first-order chi connectivity index (χ1) is 11.1. The number of halogens is 1. The quantitative estimate of drug-likeness (QED) is 0.389. The van der Waals surface area contributed by atoms with Crippen LogP contribution in [0.3, 0.4) is 0 Å². The first-order valence-corrected chi connectivity index (χ1v) is 7.65. The number of nitro groups is 1. The fourth-order valence-electron chi connectivity index (χ4n) is 2.93. The third-order valence-electron chi connectivity index (χ3n) is 4.15. The van der Waals surface area contributed by atoms with Gasteiger partial charge in [-0.2, -0.15) is 0 Å². The second kappa shape index (κ2) is 7.23. The summed E-state index contributed by atoms with van der Waals surface area (Å²) in [6, 6.07) is 7.90. The number of anilines is 1. The highest BCUT2D eigenvalue weighted by Crippen LogP contribution is 2.34. The van der Waals surface area contributed by atoms with Crippen LogP contribution in [-0.2, 0) is 12.3 Å². The van der Waals surface area contributed by atoms with Crippen LogP contribution in [0, 0.1) is 10.1 Å². The lowest BCUT2D eigenvalue weighted by Crippen LogP contribution is -3.00. The maximum Gasteiger partial charge on any atom is 0.396 e. The first-order valence-electron chi connectivity index (χ1n) is 7.65. The minimum atomic E-state index is -1.24. The molecule has 0 fully saturated rings. The van der Waals surface area contributed by atoms with Crippen molar-refractivity contribution in [2.24, 2.45) is 0 Å². The van der Waals surface area contributed by atoms with Gasteiger partial charge in [-0.3, -0.25) is 10.1 Å². The number of rotatable bonds is 5. The molecule has 1 aromatic heterocycles. The number of fused-ring (bicyclic) bond motifs is 1. The molecule has 1 aliphatic heterocycles. The van der Waals surface area contributed by atoms with E-state index < -0.39 is 10.6 Å². The minimum absolute atomic E-state index is 0. The fraction of sp³-hybridized carbons (Fsp3) is 0.375. The number of unbranched alkanes of at least 4 members (excludes halogenated alkanes) is 1. The lowest BCUT2D eigenvalue weighted by Gasteiger charge is -2.28. The van der Waals surface area contributed by atoms with E-state index in [-0.39, 0.29) is 22.7 Å². The lowest BCUT2D eigenvalue weighted by molar-refractivity contribution is -0.685. The second-order valence-corrected chi connectivity index (χ2v) is 5.67. The maximum absolute atomic E-state index is 11.3. The summed E-state index contributed by atoms with van der Waals surface area (Å²) in [5, 5.41) is 22.1. The molecule has 1 N–H and O–H groups in total. The number of hydrogen-bond acceptors (Lipinski definition) is 5. The van der Waals surface area contributed by atoms with Crippen LogP contribution < -0.4 is 26.4 Å². The van der Waals surface area contributed by atoms with Gasteiger partial charge in [0, 0.05) is 23.8 Å². The average Bonchev–Trinajstić information content (AvgIpc) is 2.85. The van der Waals surface area contributed by atoms with E-state index in [2.05, 4.69) is 11.9 Å². The maximum atomic E-state index is 11.3. The topological polar surface area (TPSA) is 83.4 Å². The van der Waals surface area contributed by atoms with Gasteiger partial charge in [0.05, 0.1) is 17.7 Å². The summed E-state index contributed by atoms with van der Waals surface area (Å²) in [5.41, 5.74) is -0.602. The molecule has 1 atom stereocenters. The Kier molecular flexibility index (Phi) is 5.51. The van der Waals surface area contributed by atoms with E-state index >= 15 is 0 Å². The van der Waals surface area contributed by atoms with E-state index in [4.69, 9.17) is 0 Å². The molecular formula is C16H19BrN4O3. The highest BCUT2D eigenvalue weighted by Gasteiger charge is 2.51. The van der Waals surface area contributed by atoms with Gasteiger partial charge in [-0.05, 0) is 18.6 Å². The average molecular weight is 395 g/mol. The molecule has 24 heavy (non-hydrogen) atoms. The monoisotopic (exact) mass is 394 g/mol. The van der Waals surface area contributed by atoms with Crippen LogP contribution in [0.1, 0.15) is 25.3 Å². The van der Waals surface area contributed by atoms with Crippen LogP contribution in [0.25, 0.3) is 0 Å². The first kappa shape index (κ1) is 18.3. The number of nitro benzene ring substituents is 1. The third-order valence-corrected chi connectivity index (χ3v) is 4.15. The second-order valence-electron chi connectivity index (χ2n) is 5.67. The van der Waals surface area contributed by atoms with Crippen LogP contribution >= 0.6 is 0 Å². The summed E-state index contributed by atoms with van der Waals surface area (Å²) in [7, 11) is 0. The molecule has 0 bridgehead atoms. The molecule has 128 valence electrons. The molecule has 0 saturated heterocycles. The van der Waals surface area contributed by atoms with Crippen molar-refractivity contribution in [3.8, 4) is 0 Å². The number of nitrogens with zero attached hydrogens (tertiary/aromatic N) is 4. The van der Waals surface area contributed by atoms with E-state index in [0.717, 1.165) is 12.8 Å². The molecule has 2 aromatic rings. The Hall–Kier alpha value is -2.06. The summed E-state index contributed by atoms with van der Waals surface area (Å²) in [6.45, 7) is 3.10. The van der Waals surface area contributed by atoms with Gasteiger partial charge >= 0.3 is 5.95 Å². The van der Waals surface area contributed by atoms with Gasteiger partial charge < -0.3 is 22.1 Å². The van der Waals surface area contributed by atoms with Gasteiger partial charge in [0.15, 0.2) is 0 Å². The number of aliphatic hydroxyl groups is 1. The van der Waals surface area contributed by atoms with Gasteiger partial charge in [-0.1, -0.05) is 18.3 Å². The molecule has 3 rings (SSSR count). The Morgan fingerprint density at radius 3 is 2.75 bits per heavy atom. The van der Waals surface area contributed by atoms with Crippen molar-refractivity contribution in [2.75, 3.05) is 11.4 Å². The van der Waals surface area contributed by atoms with Crippen LogP contribution in [0.5, 0.6) is 0 Å². The van der Waals surface area contributed by atoms with E-state index in [1.54, 1.807) is 18.3 Å². The lowest BCUT2D eigenvalue weighted by atomic mass is 10.0. The van der Waals surface area contributed by atoms with Crippen molar-refractivity contribution >= 4 is 11.6 Å². The third kappa shape index (κ3) is 3.11. The molecule has 1 unspecified atom stereocenters. The normalized spacial score (nSPS) is 18.8. The molecule has 0 amide bonds. The summed E-state index contributed by atoms with van der Waals surface area (Å²) >= 11 is 0. The molecule has 1 aromatic carbocycles. The Morgan fingerprint density at radius 1 is 1.42 bits per heavy atom. The van der Waals surface area contributed by atoms with Crippen molar-refractivity contribution in [1.82, 2.24) is 4.98 Å². The van der Waals surface area contributed by atoms with Crippen molar-refractivity contribution in [1.29, 1.82) is 0 Å². The number of aromatic nitrogens is 2. The Labute approximate surface area is 150 Å². The molecule has 2 heterocycles. The van der Waals surface area contributed by atoms with E-state index in [1.807, 2.05) is 21.7 Å². The molecule has 1 aliphatic rings. The Balaban J connectivity index is 0.00000208. The Morgan fingerprint density at radius 2 is 2.12 bits per heavy atom. The molecule has 0 saturated carbocycles. The van der Waals surface area contributed by atoms with Crippen LogP contribution in [0.2, 0.25) is 0 Å². The van der Waals surface area contributed by atoms with Crippen molar-refractivity contribution in [3.63, 3.8) is 0 Å². The molecule has 7 nitrogen and oxygen atoms in total. The smallest absolute Gasteiger partial charge is 0.396 e. The van der Waals surface area contributed by atoms with Gasteiger partial charge in [0.1, 0.15) is 12.7 Å². The molecular weight excluding hydrogens is 376 g/mol. The van der Waals surface area contributed by atoms with E-state index in [9.17, 15) is 15.2 Å². The summed E-state index contributed by atoms with van der Waals surface area (Å²) in [4.78, 5) is 16.6. The summed E-state index contributed by atoms with van der Waals surface area (Å²) in [6.07, 6.45) is 5.50. The zero-order chi connectivity index (χ0) is 16.4. The zero-order valence-corrected chi connectivity index (χ0v) is 14.9. The zero-order valence-electron chi connectivity index (χ0n) is 13.3. The predicted molar refractivity (Wildman–Crippen MR) is 83.7 cm³/mol. The van der Waals surface area contributed by atoms with E-state index in [0.29, 0.717) is 24.6 Å². The summed E-state index contributed by atoms with van der Waals surface area (Å²) in [5.74, 6) is 0.710. The van der Waals surface area contributed by atoms with Gasteiger partial charge in [0.25, 0.3) is 5.69 Å². The van der Waals surface area contributed by atoms with Crippen molar-refractivity contribution in [2.45, 2.75) is 32.0 Å². The minimum Gasteiger partial charge on any atom is -1.00 e. The van der Waals surface area contributed by atoms with Crippen LogP contribution in [-0.4, -0.2) is 21.6 Å². The standard InChI is InChI=1S/C16H19N4O3.BrH/c1-2-3-11-19-15-17-9-4-10-18(15)12-16(19,21)13-5-7-14(8-6-13)20(22)23;/h4-10,21H,2-3,11-12H2,1H3;1H/q+1;/p-1. The molecule has 8 heteroatoms. The number of non-ortho nitro benzene ring substituents is 1. The highest BCUT2D eigenvalue weighted by molar-refractivity contribution is 5.41. The Bertz CT molecular complexity index is 726. The van der Waals surface area contributed by atoms with Crippen molar-refractivity contribution < 1.29 is 31.6 Å². The van der Waals surface area contributed by atoms with Crippen molar-refractivity contribution in [3.05, 3.63) is 58.4 Å². The molecule has 0 aliphatic carbocycles. The predicted octanol–water partition coefficient (Wildman–Crippen LogP) is -1.25. The van der Waals surface area contributed by atoms with Gasteiger partial charge in [-0.15, -0.1) is 0 Å². The van der Waals surface area contributed by atoms with Crippen LogP contribution in [0.15, 0.2) is 42.7 Å². The fourth-order valence-corrected chi connectivity index (χ4v) is 2.93. The number of benzene rings is 1. The van der Waals surface area contributed by atoms with Crippen LogP contribution in [0.4, 0.5) is 11.6 Å². The van der Waals surface area contributed by atoms with Gasteiger partial charge in [-0.25, -0.2) is 9.47 Å².